The Morgan fingerprint density at radius 1 is 0.957 bits per heavy atom. The number of carboxylic acids is 1. The molecule has 0 atom stereocenters. The standard InChI is InChI=1S/C16H12N4O3/c21-15-14(13(18-20-15)10-5-2-1-3-6-10)19-17-12-8-4-7-11(9-12)16(22)23/h1-9H,(H,22,23)(H2,18,20,21). The fraction of sp³-hybridized carbons (Fsp3) is 0. The Hall–Kier alpha value is -3.48. The number of azo groups is 1. The van der Waals surface area contributed by atoms with Crippen LogP contribution in [0.3, 0.4) is 0 Å². The van der Waals surface area contributed by atoms with Crippen LogP contribution in [0.5, 0.6) is 0 Å². The Kier molecular flexibility index (Phi) is 3.84. The first kappa shape index (κ1) is 14.5. The predicted molar refractivity (Wildman–Crippen MR) is 84.4 cm³/mol. The molecule has 0 aliphatic heterocycles. The molecule has 7 heteroatoms. The van der Waals surface area contributed by atoms with Crippen LogP contribution >= 0.6 is 0 Å². The summed E-state index contributed by atoms with van der Waals surface area (Å²) < 4.78 is 0. The lowest BCUT2D eigenvalue weighted by molar-refractivity contribution is 0.0697. The van der Waals surface area contributed by atoms with Gasteiger partial charge in [0.1, 0.15) is 0 Å². The van der Waals surface area contributed by atoms with Crippen LogP contribution in [0, 0.1) is 0 Å². The molecule has 114 valence electrons. The quantitative estimate of drug-likeness (QED) is 0.641. The van der Waals surface area contributed by atoms with E-state index in [4.69, 9.17) is 5.11 Å². The van der Waals surface area contributed by atoms with E-state index in [1.54, 1.807) is 12.1 Å². The molecule has 3 aromatic rings. The second-order valence-corrected chi connectivity index (χ2v) is 4.72. The van der Waals surface area contributed by atoms with E-state index in [0.29, 0.717) is 11.4 Å². The van der Waals surface area contributed by atoms with Crippen molar-refractivity contribution >= 4 is 17.3 Å². The minimum absolute atomic E-state index is 0.104. The maximum absolute atomic E-state index is 11.9. The summed E-state index contributed by atoms with van der Waals surface area (Å²) in [5, 5.41) is 22.1. The fourth-order valence-corrected chi connectivity index (χ4v) is 2.07. The average Bonchev–Trinajstić information content (AvgIpc) is 2.95. The van der Waals surface area contributed by atoms with E-state index in [0.717, 1.165) is 5.56 Å². The molecule has 2 aromatic carbocycles. The summed E-state index contributed by atoms with van der Waals surface area (Å²) >= 11 is 0. The first-order chi connectivity index (χ1) is 11.1. The molecule has 0 fully saturated rings. The van der Waals surface area contributed by atoms with Gasteiger partial charge in [-0.3, -0.25) is 15.0 Å². The van der Waals surface area contributed by atoms with Crippen molar-refractivity contribution in [3.8, 4) is 11.3 Å². The number of aromatic amines is 2. The summed E-state index contributed by atoms with van der Waals surface area (Å²) in [4.78, 5) is 22.8. The van der Waals surface area contributed by atoms with Crippen LogP contribution in [-0.2, 0) is 0 Å². The lowest BCUT2D eigenvalue weighted by atomic mass is 10.1. The number of benzene rings is 2. The van der Waals surface area contributed by atoms with E-state index in [-0.39, 0.29) is 11.3 Å². The van der Waals surface area contributed by atoms with Crippen LogP contribution in [-0.4, -0.2) is 21.3 Å². The molecule has 0 aliphatic carbocycles. The van der Waals surface area contributed by atoms with Gasteiger partial charge in [0.05, 0.1) is 16.9 Å². The number of carbonyl (C=O) groups is 1. The molecule has 0 spiro atoms. The van der Waals surface area contributed by atoms with Gasteiger partial charge in [-0.2, -0.15) is 5.11 Å². The van der Waals surface area contributed by atoms with Gasteiger partial charge in [-0.25, -0.2) is 4.79 Å². The van der Waals surface area contributed by atoms with Gasteiger partial charge < -0.3 is 5.11 Å². The van der Waals surface area contributed by atoms with Crippen LogP contribution in [0.1, 0.15) is 10.4 Å². The monoisotopic (exact) mass is 308 g/mol. The van der Waals surface area contributed by atoms with Crippen molar-refractivity contribution in [1.82, 2.24) is 10.2 Å². The molecule has 0 bridgehead atoms. The van der Waals surface area contributed by atoms with Gasteiger partial charge in [0, 0.05) is 5.56 Å². The third-order valence-electron chi connectivity index (χ3n) is 3.17. The first-order valence-electron chi connectivity index (χ1n) is 6.76. The average molecular weight is 308 g/mol. The van der Waals surface area contributed by atoms with E-state index in [1.807, 2.05) is 30.3 Å². The summed E-state index contributed by atoms with van der Waals surface area (Å²) in [7, 11) is 0. The predicted octanol–water partition coefficient (Wildman–Crippen LogP) is 3.48. The van der Waals surface area contributed by atoms with Crippen molar-refractivity contribution in [2.75, 3.05) is 0 Å². The Morgan fingerprint density at radius 3 is 2.48 bits per heavy atom. The topological polar surface area (TPSA) is 111 Å². The van der Waals surface area contributed by atoms with E-state index in [9.17, 15) is 9.59 Å². The summed E-state index contributed by atoms with van der Waals surface area (Å²) in [6.07, 6.45) is 0. The highest BCUT2D eigenvalue weighted by Crippen LogP contribution is 2.26. The van der Waals surface area contributed by atoms with Crippen LogP contribution in [0.2, 0.25) is 0 Å². The molecule has 7 nitrogen and oxygen atoms in total. The molecule has 3 N–H and O–H groups in total. The molecular weight excluding hydrogens is 296 g/mol. The molecule has 0 aliphatic rings. The minimum atomic E-state index is -1.05. The fourth-order valence-electron chi connectivity index (χ4n) is 2.07. The number of hydrogen-bond acceptors (Lipinski definition) is 4. The molecular formula is C16H12N4O3. The van der Waals surface area contributed by atoms with Gasteiger partial charge in [-0.05, 0) is 18.2 Å². The lowest BCUT2D eigenvalue weighted by Crippen LogP contribution is -1.96. The van der Waals surface area contributed by atoms with Crippen LogP contribution < -0.4 is 5.56 Å². The smallest absolute Gasteiger partial charge is 0.335 e. The van der Waals surface area contributed by atoms with E-state index in [1.165, 1.54) is 12.1 Å². The second-order valence-electron chi connectivity index (χ2n) is 4.72. The number of nitrogens with one attached hydrogen (secondary N) is 2. The summed E-state index contributed by atoms with van der Waals surface area (Å²) in [5.41, 5.74) is 1.50. The summed E-state index contributed by atoms with van der Waals surface area (Å²) in [6.45, 7) is 0. The molecule has 0 amide bonds. The lowest BCUT2D eigenvalue weighted by Gasteiger charge is -1.98. The van der Waals surface area contributed by atoms with Crippen molar-refractivity contribution in [3.05, 3.63) is 70.5 Å². The van der Waals surface area contributed by atoms with E-state index >= 15 is 0 Å². The number of aromatic nitrogens is 2. The molecule has 1 heterocycles. The zero-order chi connectivity index (χ0) is 16.2. The van der Waals surface area contributed by atoms with E-state index < -0.39 is 11.5 Å². The van der Waals surface area contributed by atoms with E-state index in [2.05, 4.69) is 20.4 Å². The Balaban J connectivity index is 1.98. The van der Waals surface area contributed by atoms with Gasteiger partial charge >= 0.3 is 5.97 Å². The van der Waals surface area contributed by atoms with Crippen molar-refractivity contribution in [2.45, 2.75) is 0 Å². The maximum atomic E-state index is 11.9. The molecule has 3 rings (SSSR count). The normalized spacial score (nSPS) is 11.0. The molecule has 0 radical (unpaired) electrons. The van der Waals surface area contributed by atoms with Gasteiger partial charge in [0.15, 0.2) is 5.69 Å². The highest BCUT2D eigenvalue weighted by molar-refractivity contribution is 5.88. The SMILES string of the molecule is O=C(O)c1cccc(N=Nc2c(-c3ccccc3)[nH][nH]c2=O)c1. The van der Waals surface area contributed by atoms with Crippen LogP contribution in [0.25, 0.3) is 11.3 Å². The number of H-pyrrole nitrogens is 2. The first-order valence-corrected chi connectivity index (χ1v) is 6.76. The zero-order valence-corrected chi connectivity index (χ0v) is 11.9. The third kappa shape index (κ3) is 3.08. The highest BCUT2D eigenvalue weighted by atomic mass is 16.4. The summed E-state index contributed by atoms with van der Waals surface area (Å²) in [5.74, 6) is -1.05. The Morgan fingerprint density at radius 2 is 1.74 bits per heavy atom. The van der Waals surface area contributed by atoms with Crippen molar-refractivity contribution in [3.63, 3.8) is 0 Å². The largest absolute Gasteiger partial charge is 0.478 e. The second kappa shape index (κ2) is 6.10. The van der Waals surface area contributed by atoms with Crippen LogP contribution in [0.4, 0.5) is 11.4 Å². The number of nitrogens with zero attached hydrogens (tertiary/aromatic N) is 2. The van der Waals surface area contributed by atoms with Gasteiger partial charge in [0.25, 0.3) is 5.56 Å². The zero-order valence-electron chi connectivity index (χ0n) is 11.9. The minimum Gasteiger partial charge on any atom is -0.478 e. The summed E-state index contributed by atoms with van der Waals surface area (Å²) in [6, 6.07) is 15.2. The Labute approximate surface area is 130 Å². The Bertz CT molecular complexity index is 926. The van der Waals surface area contributed by atoms with Gasteiger partial charge in [-0.15, -0.1) is 5.11 Å². The van der Waals surface area contributed by atoms with Crippen molar-refractivity contribution < 1.29 is 9.90 Å². The highest BCUT2D eigenvalue weighted by Gasteiger charge is 2.11. The number of hydrogen-bond donors (Lipinski definition) is 3. The third-order valence-corrected chi connectivity index (χ3v) is 3.17. The molecule has 0 saturated heterocycles. The van der Waals surface area contributed by atoms with Crippen molar-refractivity contribution in [2.24, 2.45) is 10.2 Å². The molecule has 23 heavy (non-hydrogen) atoms. The molecule has 0 unspecified atom stereocenters. The van der Waals surface area contributed by atoms with Crippen molar-refractivity contribution in [1.29, 1.82) is 0 Å². The molecule has 1 aromatic heterocycles. The number of rotatable bonds is 4. The maximum Gasteiger partial charge on any atom is 0.335 e. The van der Waals surface area contributed by atoms with Crippen LogP contribution in [0.15, 0.2) is 69.6 Å². The molecule has 0 saturated carbocycles. The van der Waals surface area contributed by atoms with Gasteiger partial charge in [0.2, 0.25) is 0 Å². The van der Waals surface area contributed by atoms with Gasteiger partial charge in [-0.1, -0.05) is 36.4 Å². The number of carboxylic acid groups (broad SMARTS) is 1. The number of aromatic carboxylic acids is 1.